The summed E-state index contributed by atoms with van der Waals surface area (Å²) in [6.07, 6.45) is 0. The van der Waals surface area contributed by atoms with Crippen molar-refractivity contribution in [2.45, 2.75) is 24.7 Å². The standard InChI is InChI=1S/C22H20ClFN2O3S/c1-14(2)18-5-3-4-6-21(18)25-22(27)15-7-9-16(10-8-15)26-30(28,29)17-11-12-20(24)19(23)13-17/h3-14,26H,1-2H3,(H,25,27). The number of hydrogen-bond donors (Lipinski definition) is 2. The van der Waals surface area contributed by atoms with Crippen molar-refractivity contribution in [3.63, 3.8) is 0 Å². The number of para-hydroxylation sites is 1. The van der Waals surface area contributed by atoms with Crippen LogP contribution in [0.15, 0.2) is 71.6 Å². The summed E-state index contributed by atoms with van der Waals surface area (Å²) in [4.78, 5) is 12.4. The van der Waals surface area contributed by atoms with Gasteiger partial charge in [0.25, 0.3) is 15.9 Å². The van der Waals surface area contributed by atoms with Gasteiger partial charge < -0.3 is 5.32 Å². The first-order chi connectivity index (χ1) is 14.2. The van der Waals surface area contributed by atoms with Crippen LogP contribution in [-0.4, -0.2) is 14.3 Å². The van der Waals surface area contributed by atoms with Gasteiger partial charge in [-0.25, -0.2) is 12.8 Å². The summed E-state index contributed by atoms with van der Waals surface area (Å²) >= 11 is 5.66. The van der Waals surface area contributed by atoms with E-state index in [0.29, 0.717) is 5.56 Å². The summed E-state index contributed by atoms with van der Waals surface area (Å²) in [5.41, 5.74) is 2.39. The van der Waals surface area contributed by atoms with E-state index in [9.17, 15) is 17.6 Å². The van der Waals surface area contributed by atoms with Gasteiger partial charge in [-0.05, 0) is 60.0 Å². The molecule has 3 aromatic carbocycles. The third-order valence-electron chi connectivity index (χ3n) is 4.43. The Hall–Kier alpha value is -2.90. The van der Waals surface area contributed by atoms with Crippen LogP contribution >= 0.6 is 11.6 Å². The summed E-state index contributed by atoms with van der Waals surface area (Å²) in [7, 11) is -3.95. The fourth-order valence-corrected chi connectivity index (χ4v) is 4.19. The number of sulfonamides is 1. The minimum absolute atomic E-state index is 0.166. The molecular formula is C22H20ClFN2O3S. The molecule has 0 aliphatic rings. The second kappa shape index (κ2) is 8.85. The molecule has 5 nitrogen and oxygen atoms in total. The zero-order valence-corrected chi connectivity index (χ0v) is 17.9. The minimum Gasteiger partial charge on any atom is -0.322 e. The summed E-state index contributed by atoms with van der Waals surface area (Å²) in [6, 6.07) is 16.7. The zero-order chi connectivity index (χ0) is 21.9. The van der Waals surface area contributed by atoms with Crippen LogP contribution in [0.1, 0.15) is 35.7 Å². The first-order valence-corrected chi connectivity index (χ1v) is 11.0. The fraction of sp³-hybridized carbons (Fsp3) is 0.136. The number of benzene rings is 3. The Balaban J connectivity index is 1.75. The molecule has 0 atom stereocenters. The highest BCUT2D eigenvalue weighted by Crippen LogP contribution is 2.25. The highest BCUT2D eigenvalue weighted by Gasteiger charge is 2.17. The highest BCUT2D eigenvalue weighted by molar-refractivity contribution is 7.92. The van der Waals surface area contributed by atoms with Gasteiger partial charge in [0.1, 0.15) is 5.82 Å². The van der Waals surface area contributed by atoms with Crippen molar-refractivity contribution in [1.82, 2.24) is 0 Å². The van der Waals surface area contributed by atoms with E-state index >= 15 is 0 Å². The number of anilines is 2. The summed E-state index contributed by atoms with van der Waals surface area (Å²) in [6.45, 7) is 4.08. The number of carbonyl (C=O) groups excluding carboxylic acids is 1. The van der Waals surface area contributed by atoms with Crippen molar-refractivity contribution in [2.75, 3.05) is 10.0 Å². The van der Waals surface area contributed by atoms with Crippen molar-refractivity contribution in [2.24, 2.45) is 0 Å². The lowest BCUT2D eigenvalue weighted by Crippen LogP contribution is -2.15. The Morgan fingerprint density at radius 3 is 2.30 bits per heavy atom. The van der Waals surface area contributed by atoms with Crippen LogP contribution in [0.3, 0.4) is 0 Å². The Kier molecular flexibility index (Phi) is 6.43. The van der Waals surface area contributed by atoms with E-state index in [-0.39, 0.29) is 27.4 Å². The third-order valence-corrected chi connectivity index (χ3v) is 6.10. The largest absolute Gasteiger partial charge is 0.322 e. The van der Waals surface area contributed by atoms with Crippen LogP contribution in [-0.2, 0) is 10.0 Å². The molecule has 156 valence electrons. The van der Waals surface area contributed by atoms with Gasteiger partial charge in [0.2, 0.25) is 0 Å². The maximum atomic E-state index is 13.3. The molecule has 1 amide bonds. The summed E-state index contributed by atoms with van der Waals surface area (Å²) in [5.74, 6) is -0.758. The van der Waals surface area contributed by atoms with Crippen molar-refractivity contribution in [3.05, 3.63) is 88.7 Å². The number of hydrogen-bond acceptors (Lipinski definition) is 3. The summed E-state index contributed by atoms with van der Waals surface area (Å²) in [5, 5.41) is 2.60. The van der Waals surface area contributed by atoms with E-state index in [0.717, 1.165) is 29.4 Å². The molecule has 0 spiro atoms. The first-order valence-electron chi connectivity index (χ1n) is 9.15. The quantitative estimate of drug-likeness (QED) is 0.513. The average molecular weight is 447 g/mol. The molecule has 0 radical (unpaired) electrons. The molecule has 3 rings (SSSR count). The Morgan fingerprint density at radius 2 is 1.67 bits per heavy atom. The predicted molar refractivity (Wildman–Crippen MR) is 117 cm³/mol. The number of rotatable bonds is 6. The van der Waals surface area contributed by atoms with Crippen LogP contribution in [0.2, 0.25) is 5.02 Å². The van der Waals surface area contributed by atoms with Gasteiger partial charge in [-0.15, -0.1) is 0 Å². The molecule has 0 saturated carbocycles. The summed E-state index contributed by atoms with van der Waals surface area (Å²) < 4.78 is 40.6. The lowest BCUT2D eigenvalue weighted by Gasteiger charge is -2.14. The van der Waals surface area contributed by atoms with Crippen molar-refractivity contribution < 1.29 is 17.6 Å². The zero-order valence-electron chi connectivity index (χ0n) is 16.3. The van der Waals surface area contributed by atoms with Crippen LogP contribution in [0.25, 0.3) is 0 Å². The number of halogens is 2. The monoisotopic (exact) mass is 446 g/mol. The van der Waals surface area contributed by atoms with Gasteiger partial charge in [0.05, 0.1) is 9.92 Å². The third kappa shape index (κ3) is 4.98. The molecule has 0 unspecified atom stereocenters. The molecule has 0 aromatic heterocycles. The molecule has 8 heteroatoms. The fourth-order valence-electron chi connectivity index (χ4n) is 2.86. The Bertz CT molecular complexity index is 1180. The normalized spacial score (nSPS) is 11.4. The molecule has 30 heavy (non-hydrogen) atoms. The van der Waals surface area contributed by atoms with E-state index in [4.69, 9.17) is 11.6 Å². The lowest BCUT2D eigenvalue weighted by atomic mass is 10.0. The van der Waals surface area contributed by atoms with Crippen LogP contribution in [0.5, 0.6) is 0 Å². The first kappa shape index (κ1) is 21.8. The second-order valence-corrected chi connectivity index (χ2v) is 9.04. The topological polar surface area (TPSA) is 75.3 Å². The SMILES string of the molecule is CC(C)c1ccccc1NC(=O)c1ccc(NS(=O)(=O)c2ccc(F)c(Cl)c2)cc1. The highest BCUT2D eigenvalue weighted by atomic mass is 35.5. The van der Waals surface area contributed by atoms with Crippen LogP contribution in [0.4, 0.5) is 15.8 Å². The van der Waals surface area contributed by atoms with Gasteiger partial charge >= 0.3 is 0 Å². The maximum Gasteiger partial charge on any atom is 0.261 e. The maximum absolute atomic E-state index is 13.3. The van der Waals surface area contributed by atoms with Gasteiger partial charge in [-0.3, -0.25) is 9.52 Å². The van der Waals surface area contributed by atoms with E-state index in [1.54, 1.807) is 0 Å². The molecule has 3 aromatic rings. The van der Waals surface area contributed by atoms with Gasteiger partial charge in [-0.1, -0.05) is 43.6 Å². The van der Waals surface area contributed by atoms with E-state index < -0.39 is 15.8 Å². The molecule has 0 heterocycles. The van der Waals surface area contributed by atoms with Crippen molar-refractivity contribution in [1.29, 1.82) is 0 Å². The van der Waals surface area contributed by atoms with Crippen molar-refractivity contribution >= 4 is 38.9 Å². The Morgan fingerprint density at radius 1 is 1.00 bits per heavy atom. The molecule has 0 aliphatic carbocycles. The number of nitrogens with one attached hydrogen (secondary N) is 2. The van der Waals surface area contributed by atoms with E-state index in [2.05, 4.69) is 10.0 Å². The van der Waals surface area contributed by atoms with Gasteiger partial charge in [-0.2, -0.15) is 0 Å². The second-order valence-electron chi connectivity index (χ2n) is 6.95. The van der Waals surface area contributed by atoms with Gasteiger partial charge in [0.15, 0.2) is 0 Å². The van der Waals surface area contributed by atoms with Gasteiger partial charge in [0, 0.05) is 16.9 Å². The predicted octanol–water partition coefficient (Wildman–Crippen LogP) is 5.66. The Labute approximate surface area is 179 Å². The van der Waals surface area contributed by atoms with E-state index in [1.165, 1.54) is 24.3 Å². The lowest BCUT2D eigenvalue weighted by molar-refractivity contribution is 0.102. The molecular weight excluding hydrogens is 427 g/mol. The van der Waals surface area contributed by atoms with Crippen LogP contribution in [0, 0.1) is 5.82 Å². The van der Waals surface area contributed by atoms with E-state index in [1.807, 2.05) is 38.1 Å². The molecule has 0 fully saturated rings. The molecule has 0 bridgehead atoms. The number of carbonyl (C=O) groups is 1. The minimum atomic E-state index is -3.95. The number of amides is 1. The van der Waals surface area contributed by atoms with Crippen molar-refractivity contribution in [3.8, 4) is 0 Å². The molecule has 0 saturated heterocycles. The van der Waals surface area contributed by atoms with Crippen LogP contribution < -0.4 is 10.0 Å². The smallest absolute Gasteiger partial charge is 0.261 e. The molecule has 2 N–H and O–H groups in total. The molecule has 0 aliphatic heterocycles. The average Bonchev–Trinajstić information content (AvgIpc) is 2.70.